The first-order chi connectivity index (χ1) is 13.2. The number of para-hydroxylation sites is 1. The summed E-state index contributed by atoms with van der Waals surface area (Å²) in [6.07, 6.45) is 0. The van der Waals surface area contributed by atoms with Gasteiger partial charge in [0, 0.05) is 28.8 Å². The summed E-state index contributed by atoms with van der Waals surface area (Å²) in [6.45, 7) is 2.15. The quantitative estimate of drug-likeness (QED) is 0.421. The van der Waals surface area contributed by atoms with Crippen LogP contribution in [0.5, 0.6) is 0 Å². The molecule has 146 valence electrons. The van der Waals surface area contributed by atoms with Gasteiger partial charge in [0.2, 0.25) is 11.8 Å². The van der Waals surface area contributed by atoms with Crippen LogP contribution in [-0.2, 0) is 19.1 Å². The number of anilines is 3. The minimum Gasteiger partial charge on any atom is -0.452 e. The van der Waals surface area contributed by atoms with Gasteiger partial charge in [-0.2, -0.15) is 0 Å². The highest BCUT2D eigenvalue weighted by Crippen LogP contribution is 2.20. The Kier molecular flexibility index (Phi) is 7.50. The van der Waals surface area contributed by atoms with Crippen molar-refractivity contribution in [3.05, 3.63) is 51.6 Å². The molecule has 2 rings (SSSR count). The normalized spacial score (nSPS) is 9.96. The molecule has 2 aromatic carbocycles. The Labute approximate surface area is 175 Å². The van der Waals surface area contributed by atoms with Crippen LogP contribution in [0.3, 0.4) is 0 Å². The van der Waals surface area contributed by atoms with E-state index in [4.69, 9.17) is 4.74 Å². The standard InChI is InChI=1S/C19H18IN3O5/c1-11(24)21-14-7-13(8-15(9-14)22-12(2)25)19(27)28-10-18(26)23-17-6-4-3-5-16(17)20/h3-9H,10H2,1-2H3,(H,21,24)(H,22,25)(H,23,26). The van der Waals surface area contributed by atoms with Crippen LogP contribution in [0.15, 0.2) is 42.5 Å². The maximum absolute atomic E-state index is 12.3. The van der Waals surface area contributed by atoms with E-state index >= 15 is 0 Å². The van der Waals surface area contributed by atoms with Crippen LogP contribution in [-0.4, -0.2) is 30.3 Å². The van der Waals surface area contributed by atoms with Gasteiger partial charge in [0.25, 0.3) is 5.91 Å². The number of benzene rings is 2. The van der Waals surface area contributed by atoms with Crippen molar-refractivity contribution < 1.29 is 23.9 Å². The zero-order chi connectivity index (χ0) is 20.7. The first-order valence-corrected chi connectivity index (χ1v) is 9.24. The molecule has 0 saturated heterocycles. The van der Waals surface area contributed by atoms with Gasteiger partial charge in [-0.1, -0.05) is 12.1 Å². The monoisotopic (exact) mass is 495 g/mol. The van der Waals surface area contributed by atoms with Crippen molar-refractivity contribution in [2.45, 2.75) is 13.8 Å². The van der Waals surface area contributed by atoms with Crippen molar-refractivity contribution in [3.63, 3.8) is 0 Å². The van der Waals surface area contributed by atoms with E-state index in [1.54, 1.807) is 12.1 Å². The molecule has 0 radical (unpaired) electrons. The highest BCUT2D eigenvalue weighted by molar-refractivity contribution is 14.1. The van der Waals surface area contributed by atoms with Gasteiger partial charge in [-0.25, -0.2) is 4.79 Å². The fraction of sp³-hybridized carbons (Fsp3) is 0.158. The number of ether oxygens (including phenoxy) is 1. The van der Waals surface area contributed by atoms with E-state index in [1.807, 2.05) is 12.1 Å². The zero-order valence-electron chi connectivity index (χ0n) is 15.2. The summed E-state index contributed by atoms with van der Waals surface area (Å²) in [6, 6.07) is 11.5. The molecule has 8 nitrogen and oxygen atoms in total. The molecule has 0 aliphatic carbocycles. The minimum absolute atomic E-state index is 0.0806. The number of carbonyl (C=O) groups excluding carboxylic acids is 4. The third-order valence-electron chi connectivity index (χ3n) is 3.29. The van der Waals surface area contributed by atoms with Crippen LogP contribution in [0.4, 0.5) is 17.1 Å². The van der Waals surface area contributed by atoms with Gasteiger partial charge in [-0.3, -0.25) is 14.4 Å². The van der Waals surface area contributed by atoms with Crippen LogP contribution in [0, 0.1) is 3.57 Å². The molecule has 0 aromatic heterocycles. The van der Waals surface area contributed by atoms with E-state index < -0.39 is 18.5 Å². The second-order valence-corrected chi connectivity index (χ2v) is 6.93. The third-order valence-corrected chi connectivity index (χ3v) is 4.23. The number of rotatable bonds is 6. The fourth-order valence-corrected chi connectivity index (χ4v) is 2.78. The molecule has 0 spiro atoms. The number of esters is 1. The van der Waals surface area contributed by atoms with Crippen LogP contribution >= 0.6 is 22.6 Å². The van der Waals surface area contributed by atoms with E-state index in [2.05, 4.69) is 38.5 Å². The van der Waals surface area contributed by atoms with Gasteiger partial charge >= 0.3 is 5.97 Å². The largest absolute Gasteiger partial charge is 0.452 e. The minimum atomic E-state index is -0.767. The number of hydrogen-bond acceptors (Lipinski definition) is 5. The lowest BCUT2D eigenvalue weighted by molar-refractivity contribution is -0.119. The predicted octanol–water partition coefficient (Wildman–Crippen LogP) is 3.00. The summed E-state index contributed by atoms with van der Waals surface area (Å²) < 4.78 is 5.89. The molecule has 0 saturated carbocycles. The fourth-order valence-electron chi connectivity index (χ4n) is 2.26. The van der Waals surface area contributed by atoms with Gasteiger partial charge in [0.1, 0.15) is 0 Å². The van der Waals surface area contributed by atoms with Crippen molar-refractivity contribution in [1.82, 2.24) is 0 Å². The Morgan fingerprint density at radius 1 is 0.893 bits per heavy atom. The second kappa shape index (κ2) is 9.83. The Hall–Kier alpha value is -2.95. The van der Waals surface area contributed by atoms with Crippen LogP contribution in [0.25, 0.3) is 0 Å². The van der Waals surface area contributed by atoms with Gasteiger partial charge < -0.3 is 20.7 Å². The van der Waals surface area contributed by atoms with Crippen molar-refractivity contribution in [2.24, 2.45) is 0 Å². The molecule has 28 heavy (non-hydrogen) atoms. The molecular weight excluding hydrogens is 477 g/mol. The van der Waals surface area contributed by atoms with Crippen molar-refractivity contribution >= 4 is 63.3 Å². The van der Waals surface area contributed by atoms with Crippen LogP contribution in [0.2, 0.25) is 0 Å². The molecule has 9 heteroatoms. The second-order valence-electron chi connectivity index (χ2n) is 5.77. The van der Waals surface area contributed by atoms with Crippen LogP contribution in [0.1, 0.15) is 24.2 Å². The molecule has 0 aliphatic rings. The Morgan fingerprint density at radius 2 is 1.46 bits per heavy atom. The summed E-state index contributed by atoms with van der Waals surface area (Å²) >= 11 is 2.08. The first-order valence-electron chi connectivity index (χ1n) is 8.16. The number of halogens is 1. The Balaban J connectivity index is 2.07. The van der Waals surface area contributed by atoms with Gasteiger partial charge in [-0.15, -0.1) is 0 Å². The summed E-state index contributed by atoms with van der Waals surface area (Å²) in [4.78, 5) is 46.9. The maximum Gasteiger partial charge on any atom is 0.338 e. The average Bonchev–Trinajstić information content (AvgIpc) is 2.60. The zero-order valence-corrected chi connectivity index (χ0v) is 17.3. The molecule has 0 bridgehead atoms. The summed E-state index contributed by atoms with van der Waals surface area (Å²) in [5.41, 5.74) is 1.32. The van der Waals surface area contributed by atoms with E-state index in [-0.39, 0.29) is 17.4 Å². The molecule has 0 fully saturated rings. The summed E-state index contributed by atoms with van der Waals surface area (Å²) in [7, 11) is 0. The van der Waals surface area contributed by atoms with Gasteiger partial charge in [0.05, 0.1) is 11.3 Å². The van der Waals surface area contributed by atoms with Crippen LogP contribution < -0.4 is 16.0 Å². The third kappa shape index (κ3) is 6.65. The molecule has 2 aromatic rings. The van der Waals surface area contributed by atoms with E-state index in [1.165, 1.54) is 32.0 Å². The highest BCUT2D eigenvalue weighted by Gasteiger charge is 2.14. The molecule has 3 N–H and O–H groups in total. The number of amides is 3. The Bertz CT molecular complexity index is 895. The molecule has 0 aliphatic heterocycles. The number of carbonyl (C=O) groups is 4. The molecule has 3 amide bonds. The number of nitrogens with one attached hydrogen (secondary N) is 3. The van der Waals surface area contributed by atoms with E-state index in [9.17, 15) is 19.2 Å². The number of hydrogen-bond donors (Lipinski definition) is 3. The molecule has 0 heterocycles. The van der Waals surface area contributed by atoms with E-state index in [0.717, 1.165) is 3.57 Å². The lowest BCUT2D eigenvalue weighted by atomic mass is 10.1. The van der Waals surface area contributed by atoms with Crippen molar-refractivity contribution in [2.75, 3.05) is 22.6 Å². The lowest BCUT2D eigenvalue weighted by Gasteiger charge is -2.11. The smallest absolute Gasteiger partial charge is 0.338 e. The lowest BCUT2D eigenvalue weighted by Crippen LogP contribution is -2.21. The predicted molar refractivity (Wildman–Crippen MR) is 113 cm³/mol. The summed E-state index contributed by atoms with van der Waals surface area (Å²) in [5, 5.41) is 7.73. The Morgan fingerprint density at radius 3 is 2.00 bits per heavy atom. The highest BCUT2D eigenvalue weighted by atomic mass is 127. The topological polar surface area (TPSA) is 114 Å². The SMILES string of the molecule is CC(=O)Nc1cc(NC(C)=O)cc(C(=O)OCC(=O)Nc2ccccc2I)c1. The van der Waals surface area contributed by atoms with Crippen molar-refractivity contribution in [3.8, 4) is 0 Å². The average molecular weight is 495 g/mol. The van der Waals surface area contributed by atoms with Crippen molar-refractivity contribution in [1.29, 1.82) is 0 Å². The first kappa shape index (κ1) is 21.4. The summed E-state index contributed by atoms with van der Waals surface area (Å²) in [5.74, 6) is -1.93. The van der Waals surface area contributed by atoms with Gasteiger partial charge in [-0.05, 0) is 52.9 Å². The molecule has 0 atom stereocenters. The maximum atomic E-state index is 12.3. The molecule has 0 unspecified atom stereocenters. The molecular formula is C19H18IN3O5. The van der Waals surface area contributed by atoms with Gasteiger partial charge in [0.15, 0.2) is 6.61 Å². The van der Waals surface area contributed by atoms with E-state index in [0.29, 0.717) is 17.1 Å².